The molecule has 1 heterocycles. The van der Waals surface area contributed by atoms with Gasteiger partial charge in [0.15, 0.2) is 0 Å². The molecule has 0 bridgehead atoms. The summed E-state index contributed by atoms with van der Waals surface area (Å²) < 4.78 is 37.8. The van der Waals surface area contributed by atoms with E-state index in [1.807, 2.05) is 0 Å². The van der Waals surface area contributed by atoms with Crippen LogP contribution in [0, 0.1) is 0 Å². The van der Waals surface area contributed by atoms with Crippen LogP contribution in [0.2, 0.25) is 0 Å². The monoisotopic (exact) mass is 265 g/mol. The molecule has 0 spiro atoms. The SMILES string of the molecule is NC(=O)CC[C@H](N)C(=O)N1CC=CC1C(F)(F)F. The Morgan fingerprint density at radius 2 is 2.06 bits per heavy atom. The average Bonchev–Trinajstić information content (AvgIpc) is 2.72. The zero-order valence-corrected chi connectivity index (χ0v) is 9.48. The molecule has 0 radical (unpaired) electrons. The molecule has 0 aliphatic carbocycles. The second-order valence-corrected chi connectivity index (χ2v) is 4.02. The molecule has 1 rings (SSSR count). The maximum atomic E-state index is 12.6. The minimum Gasteiger partial charge on any atom is -0.370 e. The van der Waals surface area contributed by atoms with Crippen molar-refractivity contribution in [2.45, 2.75) is 31.1 Å². The number of carbonyl (C=O) groups excluding carboxylic acids is 2. The third-order valence-electron chi connectivity index (χ3n) is 2.59. The number of alkyl halides is 3. The van der Waals surface area contributed by atoms with Crippen LogP contribution in [0.4, 0.5) is 13.2 Å². The van der Waals surface area contributed by atoms with E-state index < -0.39 is 30.1 Å². The van der Waals surface area contributed by atoms with E-state index in [1.54, 1.807) is 0 Å². The number of carbonyl (C=O) groups is 2. The molecule has 0 aromatic carbocycles. The van der Waals surface area contributed by atoms with Crippen LogP contribution in [0.15, 0.2) is 12.2 Å². The summed E-state index contributed by atoms with van der Waals surface area (Å²) in [5.41, 5.74) is 10.3. The second kappa shape index (κ2) is 5.38. The van der Waals surface area contributed by atoms with Crippen LogP contribution in [-0.4, -0.2) is 41.5 Å². The lowest BCUT2D eigenvalue weighted by Crippen LogP contribution is -2.51. The van der Waals surface area contributed by atoms with Crippen LogP contribution < -0.4 is 11.5 Å². The summed E-state index contributed by atoms with van der Waals surface area (Å²) in [4.78, 5) is 22.9. The highest BCUT2D eigenvalue weighted by Gasteiger charge is 2.46. The first-order chi connectivity index (χ1) is 8.23. The predicted molar refractivity (Wildman–Crippen MR) is 57.1 cm³/mol. The summed E-state index contributed by atoms with van der Waals surface area (Å²) >= 11 is 0. The molecule has 0 fully saturated rings. The van der Waals surface area contributed by atoms with Crippen molar-refractivity contribution >= 4 is 11.8 Å². The standard InChI is InChI=1S/C10H14F3N3O2/c11-10(12,13)7-2-1-5-16(7)9(18)6(14)3-4-8(15)17/h1-2,6-7H,3-5,14H2,(H2,15,17)/t6-,7?/m0/s1. The van der Waals surface area contributed by atoms with Gasteiger partial charge in [-0.1, -0.05) is 12.2 Å². The molecule has 0 saturated carbocycles. The summed E-state index contributed by atoms with van der Waals surface area (Å²) in [6, 6.07) is -3.09. The van der Waals surface area contributed by atoms with Crippen LogP contribution in [0.1, 0.15) is 12.8 Å². The zero-order chi connectivity index (χ0) is 13.9. The lowest BCUT2D eigenvalue weighted by molar-refractivity contribution is -0.176. The highest BCUT2D eigenvalue weighted by Crippen LogP contribution is 2.29. The Hall–Kier alpha value is -1.57. The molecule has 5 nitrogen and oxygen atoms in total. The fourth-order valence-electron chi connectivity index (χ4n) is 1.67. The third kappa shape index (κ3) is 3.46. The quantitative estimate of drug-likeness (QED) is 0.696. The number of halogens is 3. The molecule has 18 heavy (non-hydrogen) atoms. The van der Waals surface area contributed by atoms with Gasteiger partial charge >= 0.3 is 6.18 Å². The summed E-state index contributed by atoms with van der Waals surface area (Å²) in [6.45, 7) is -0.132. The summed E-state index contributed by atoms with van der Waals surface area (Å²) in [6.07, 6.45) is -2.54. The van der Waals surface area contributed by atoms with E-state index in [2.05, 4.69) is 0 Å². The number of amides is 2. The lowest BCUT2D eigenvalue weighted by atomic mass is 10.1. The van der Waals surface area contributed by atoms with Gasteiger partial charge in [0.2, 0.25) is 11.8 Å². The van der Waals surface area contributed by atoms with Gasteiger partial charge < -0.3 is 16.4 Å². The van der Waals surface area contributed by atoms with Crippen molar-refractivity contribution in [2.75, 3.05) is 6.54 Å². The van der Waals surface area contributed by atoms with E-state index in [1.165, 1.54) is 6.08 Å². The number of nitrogens with zero attached hydrogens (tertiary/aromatic N) is 1. The van der Waals surface area contributed by atoms with Gasteiger partial charge in [-0.05, 0) is 6.42 Å². The Balaban J connectivity index is 2.64. The Morgan fingerprint density at radius 3 is 2.56 bits per heavy atom. The van der Waals surface area contributed by atoms with Crippen LogP contribution in [0.3, 0.4) is 0 Å². The minimum atomic E-state index is -4.52. The van der Waals surface area contributed by atoms with Crippen molar-refractivity contribution in [1.82, 2.24) is 4.90 Å². The van der Waals surface area contributed by atoms with Crippen LogP contribution >= 0.6 is 0 Å². The second-order valence-electron chi connectivity index (χ2n) is 4.02. The normalized spacial score (nSPS) is 21.1. The van der Waals surface area contributed by atoms with E-state index in [0.29, 0.717) is 4.90 Å². The van der Waals surface area contributed by atoms with E-state index >= 15 is 0 Å². The van der Waals surface area contributed by atoms with Gasteiger partial charge in [-0.15, -0.1) is 0 Å². The Bertz CT molecular complexity index is 368. The number of nitrogens with two attached hydrogens (primary N) is 2. The summed E-state index contributed by atoms with van der Waals surface area (Å²) in [7, 11) is 0. The Labute approximate surface area is 102 Å². The molecule has 2 atom stereocenters. The van der Waals surface area contributed by atoms with Crippen LogP contribution in [0.5, 0.6) is 0 Å². The molecule has 2 amide bonds. The van der Waals surface area contributed by atoms with Crippen molar-refractivity contribution in [3.8, 4) is 0 Å². The summed E-state index contributed by atoms with van der Waals surface area (Å²) in [5.74, 6) is -1.48. The van der Waals surface area contributed by atoms with Crippen LogP contribution in [-0.2, 0) is 9.59 Å². The molecule has 1 unspecified atom stereocenters. The highest BCUT2D eigenvalue weighted by atomic mass is 19.4. The molecule has 0 saturated heterocycles. The Kier molecular flexibility index (Phi) is 4.33. The van der Waals surface area contributed by atoms with Crippen molar-refractivity contribution in [1.29, 1.82) is 0 Å². The predicted octanol–water partition coefficient (Wildman–Crippen LogP) is -0.0915. The van der Waals surface area contributed by atoms with Crippen molar-refractivity contribution in [3.05, 3.63) is 12.2 Å². The minimum absolute atomic E-state index is 0.0603. The van der Waals surface area contributed by atoms with Gasteiger partial charge in [0, 0.05) is 13.0 Å². The largest absolute Gasteiger partial charge is 0.412 e. The molecular weight excluding hydrogens is 251 g/mol. The molecular formula is C10H14F3N3O2. The van der Waals surface area contributed by atoms with Gasteiger partial charge in [0.05, 0.1) is 6.04 Å². The molecule has 4 N–H and O–H groups in total. The maximum Gasteiger partial charge on any atom is 0.412 e. The molecule has 102 valence electrons. The topological polar surface area (TPSA) is 89.4 Å². The van der Waals surface area contributed by atoms with Gasteiger partial charge in [0.1, 0.15) is 6.04 Å². The third-order valence-corrected chi connectivity index (χ3v) is 2.59. The first kappa shape index (κ1) is 14.5. The van der Waals surface area contributed by atoms with Crippen molar-refractivity contribution in [2.24, 2.45) is 11.5 Å². The molecule has 1 aliphatic heterocycles. The van der Waals surface area contributed by atoms with E-state index in [4.69, 9.17) is 11.5 Å². The van der Waals surface area contributed by atoms with E-state index in [9.17, 15) is 22.8 Å². The average molecular weight is 265 g/mol. The first-order valence-corrected chi connectivity index (χ1v) is 5.31. The molecule has 8 heteroatoms. The first-order valence-electron chi connectivity index (χ1n) is 5.31. The number of rotatable bonds is 4. The highest BCUT2D eigenvalue weighted by molar-refractivity contribution is 5.83. The van der Waals surface area contributed by atoms with Crippen molar-refractivity contribution in [3.63, 3.8) is 0 Å². The van der Waals surface area contributed by atoms with Crippen molar-refractivity contribution < 1.29 is 22.8 Å². The van der Waals surface area contributed by atoms with Gasteiger partial charge in [-0.25, -0.2) is 0 Å². The number of hydrogen-bond donors (Lipinski definition) is 2. The lowest BCUT2D eigenvalue weighted by Gasteiger charge is -2.28. The van der Waals surface area contributed by atoms with Gasteiger partial charge in [0.25, 0.3) is 0 Å². The fraction of sp³-hybridized carbons (Fsp3) is 0.600. The van der Waals surface area contributed by atoms with Crippen LogP contribution in [0.25, 0.3) is 0 Å². The number of hydrogen-bond acceptors (Lipinski definition) is 3. The van der Waals surface area contributed by atoms with Gasteiger partial charge in [-0.3, -0.25) is 9.59 Å². The van der Waals surface area contributed by atoms with Gasteiger partial charge in [-0.2, -0.15) is 13.2 Å². The van der Waals surface area contributed by atoms with E-state index in [-0.39, 0.29) is 19.4 Å². The smallest absolute Gasteiger partial charge is 0.370 e. The van der Waals surface area contributed by atoms with E-state index in [0.717, 1.165) is 6.08 Å². The number of primary amides is 1. The maximum absolute atomic E-state index is 12.6. The zero-order valence-electron chi connectivity index (χ0n) is 9.48. The molecule has 0 aromatic rings. The molecule has 1 aliphatic rings. The Morgan fingerprint density at radius 1 is 1.44 bits per heavy atom. The summed E-state index contributed by atoms with van der Waals surface area (Å²) in [5, 5.41) is 0. The molecule has 0 aromatic heterocycles. The fourth-order valence-corrected chi connectivity index (χ4v) is 1.67.